The number of ether oxygens (including phenoxy) is 1. The molecule has 0 atom stereocenters. The minimum absolute atomic E-state index is 0.440. The first-order valence-electron chi connectivity index (χ1n) is 5.39. The molecule has 0 radical (unpaired) electrons. The number of hydrazine groups is 1. The summed E-state index contributed by atoms with van der Waals surface area (Å²) in [5, 5.41) is 4.06. The number of nitrogens with one attached hydrogen (secondary N) is 2. The summed E-state index contributed by atoms with van der Waals surface area (Å²) < 4.78 is 4.93. The summed E-state index contributed by atoms with van der Waals surface area (Å²) in [5.74, 6) is 5.81. The number of hydrogen-bond donors (Lipinski definition) is 3. The first-order valence-corrected chi connectivity index (χ1v) is 6.15. The lowest BCUT2D eigenvalue weighted by Gasteiger charge is -2.10. The molecule has 7 heteroatoms. The quantitative estimate of drug-likeness (QED) is 0.256. The molecule has 4 N–H and O–H groups in total. The van der Waals surface area contributed by atoms with E-state index in [1.54, 1.807) is 25.3 Å². The maximum Gasteiger partial charge on any atom is 0.210 e. The van der Waals surface area contributed by atoms with Crippen LogP contribution in [0.5, 0.6) is 0 Å². The predicted molar refractivity (Wildman–Crippen MR) is 76.2 cm³/mol. The number of rotatable bonds is 5. The van der Waals surface area contributed by atoms with Crippen LogP contribution in [0.4, 0.5) is 5.69 Å². The Morgan fingerprint density at radius 2 is 2.22 bits per heavy atom. The molecule has 0 saturated carbocycles. The number of aliphatic imine (C=N–C) groups is 1. The molecule has 0 aliphatic heterocycles. The maximum atomic E-state index is 6.02. The molecule has 1 rings (SSSR count). The van der Waals surface area contributed by atoms with Crippen molar-refractivity contribution < 1.29 is 4.74 Å². The van der Waals surface area contributed by atoms with E-state index in [-0.39, 0.29) is 0 Å². The van der Waals surface area contributed by atoms with E-state index in [0.29, 0.717) is 34.8 Å². The Morgan fingerprint density at radius 1 is 1.44 bits per heavy atom. The molecule has 1 aromatic carbocycles. The lowest BCUT2D eigenvalue weighted by atomic mass is 10.3. The van der Waals surface area contributed by atoms with Crippen LogP contribution < -0.4 is 16.6 Å². The Hall–Kier alpha value is -1.01. The number of anilines is 1. The highest BCUT2D eigenvalue weighted by Gasteiger charge is 2.03. The predicted octanol–water partition coefficient (Wildman–Crippen LogP) is 2.26. The Morgan fingerprint density at radius 3 is 2.83 bits per heavy atom. The van der Waals surface area contributed by atoms with Gasteiger partial charge in [-0.05, 0) is 24.6 Å². The van der Waals surface area contributed by atoms with Crippen molar-refractivity contribution in [1.29, 1.82) is 0 Å². The Labute approximate surface area is 116 Å². The normalized spacial score (nSPS) is 11.4. The minimum Gasteiger partial charge on any atom is -0.385 e. The van der Waals surface area contributed by atoms with Crippen molar-refractivity contribution in [1.82, 2.24) is 5.43 Å². The van der Waals surface area contributed by atoms with Crippen LogP contribution in [0.3, 0.4) is 0 Å². The van der Waals surface area contributed by atoms with Gasteiger partial charge in [-0.15, -0.1) is 0 Å². The number of guanidine groups is 1. The monoisotopic (exact) mass is 290 g/mol. The van der Waals surface area contributed by atoms with E-state index in [4.69, 9.17) is 33.8 Å². The van der Waals surface area contributed by atoms with Crippen molar-refractivity contribution in [3.63, 3.8) is 0 Å². The molecule has 100 valence electrons. The van der Waals surface area contributed by atoms with Crippen LogP contribution in [-0.2, 0) is 4.74 Å². The molecule has 0 saturated heterocycles. The smallest absolute Gasteiger partial charge is 0.210 e. The van der Waals surface area contributed by atoms with Gasteiger partial charge < -0.3 is 10.1 Å². The van der Waals surface area contributed by atoms with Gasteiger partial charge in [-0.2, -0.15) is 0 Å². The molecule has 0 unspecified atom stereocenters. The van der Waals surface area contributed by atoms with E-state index in [9.17, 15) is 0 Å². The van der Waals surface area contributed by atoms with Crippen molar-refractivity contribution in [2.45, 2.75) is 6.42 Å². The summed E-state index contributed by atoms with van der Waals surface area (Å²) in [4.78, 5) is 4.24. The number of nitrogens with two attached hydrogens (primary N) is 1. The zero-order chi connectivity index (χ0) is 13.4. The summed E-state index contributed by atoms with van der Waals surface area (Å²) in [6, 6.07) is 5.13. The summed E-state index contributed by atoms with van der Waals surface area (Å²) in [6.07, 6.45) is 0.817. The lowest BCUT2D eigenvalue weighted by Crippen LogP contribution is -2.36. The van der Waals surface area contributed by atoms with Crippen LogP contribution in [0.1, 0.15) is 6.42 Å². The third-order valence-electron chi connectivity index (χ3n) is 2.10. The Kier molecular flexibility index (Phi) is 6.82. The van der Waals surface area contributed by atoms with Crippen LogP contribution in [0.25, 0.3) is 0 Å². The molecule has 0 spiro atoms. The SMILES string of the molecule is COCCCN=C(NN)Nc1ccc(Cl)cc1Cl. The number of methoxy groups -OCH3 is 1. The van der Waals surface area contributed by atoms with Crippen LogP contribution in [0.2, 0.25) is 10.0 Å². The molecular formula is C11H16Cl2N4O. The zero-order valence-corrected chi connectivity index (χ0v) is 11.6. The van der Waals surface area contributed by atoms with Gasteiger partial charge in [0.1, 0.15) is 0 Å². The largest absolute Gasteiger partial charge is 0.385 e. The molecule has 0 amide bonds. The van der Waals surface area contributed by atoms with Crippen molar-refractivity contribution in [3.05, 3.63) is 28.2 Å². The molecule has 0 aliphatic carbocycles. The van der Waals surface area contributed by atoms with Crippen molar-refractivity contribution in [2.24, 2.45) is 10.8 Å². The highest BCUT2D eigenvalue weighted by atomic mass is 35.5. The number of halogens is 2. The summed E-state index contributed by atoms with van der Waals surface area (Å²) >= 11 is 11.8. The van der Waals surface area contributed by atoms with Gasteiger partial charge in [0.15, 0.2) is 0 Å². The van der Waals surface area contributed by atoms with Crippen molar-refractivity contribution in [2.75, 3.05) is 25.6 Å². The molecule has 5 nitrogen and oxygen atoms in total. The lowest BCUT2D eigenvalue weighted by molar-refractivity contribution is 0.197. The van der Waals surface area contributed by atoms with E-state index >= 15 is 0 Å². The third-order valence-corrected chi connectivity index (χ3v) is 2.65. The third kappa shape index (κ3) is 5.10. The van der Waals surface area contributed by atoms with Gasteiger partial charge in [0.05, 0.1) is 10.7 Å². The summed E-state index contributed by atoms with van der Waals surface area (Å²) in [7, 11) is 1.65. The fourth-order valence-corrected chi connectivity index (χ4v) is 1.70. The average molecular weight is 291 g/mol. The van der Waals surface area contributed by atoms with Gasteiger partial charge in [0.2, 0.25) is 5.96 Å². The molecule has 0 heterocycles. The first kappa shape index (κ1) is 15.0. The van der Waals surface area contributed by atoms with Gasteiger partial charge in [-0.3, -0.25) is 10.4 Å². The first-order chi connectivity index (χ1) is 8.67. The van der Waals surface area contributed by atoms with Crippen LogP contribution in [0.15, 0.2) is 23.2 Å². The van der Waals surface area contributed by atoms with Crippen molar-refractivity contribution in [3.8, 4) is 0 Å². The van der Waals surface area contributed by atoms with Crippen LogP contribution in [-0.4, -0.2) is 26.2 Å². The molecular weight excluding hydrogens is 275 g/mol. The maximum absolute atomic E-state index is 6.02. The standard InChI is InChI=1S/C11H16Cl2N4O/c1-18-6-2-5-15-11(17-14)16-10-4-3-8(12)7-9(10)13/h3-4,7H,2,5-6,14H2,1H3,(H2,15,16,17). The summed E-state index contributed by atoms with van der Waals surface area (Å²) in [5.41, 5.74) is 3.16. The minimum atomic E-state index is 0.440. The number of benzene rings is 1. The van der Waals surface area contributed by atoms with E-state index in [1.807, 2.05) is 0 Å². The fraction of sp³-hybridized carbons (Fsp3) is 0.364. The van der Waals surface area contributed by atoms with E-state index in [0.717, 1.165) is 6.42 Å². The molecule has 1 aromatic rings. The molecule has 0 aliphatic rings. The second-order valence-corrected chi connectivity index (χ2v) is 4.31. The highest BCUT2D eigenvalue weighted by Crippen LogP contribution is 2.25. The van der Waals surface area contributed by atoms with E-state index in [2.05, 4.69) is 15.7 Å². The van der Waals surface area contributed by atoms with Crippen LogP contribution in [0, 0.1) is 0 Å². The fourth-order valence-electron chi connectivity index (χ4n) is 1.24. The van der Waals surface area contributed by atoms with Crippen LogP contribution >= 0.6 is 23.2 Å². The van der Waals surface area contributed by atoms with Gasteiger partial charge >= 0.3 is 0 Å². The van der Waals surface area contributed by atoms with Gasteiger partial charge in [0.25, 0.3) is 0 Å². The van der Waals surface area contributed by atoms with Gasteiger partial charge in [-0.25, -0.2) is 5.84 Å². The highest BCUT2D eigenvalue weighted by molar-refractivity contribution is 6.36. The number of nitrogens with zero attached hydrogens (tertiary/aromatic N) is 1. The van der Waals surface area contributed by atoms with Crippen molar-refractivity contribution >= 4 is 34.8 Å². The zero-order valence-electron chi connectivity index (χ0n) is 10.0. The Balaban J connectivity index is 2.61. The second-order valence-electron chi connectivity index (χ2n) is 3.47. The van der Waals surface area contributed by atoms with Gasteiger partial charge in [-0.1, -0.05) is 23.2 Å². The van der Waals surface area contributed by atoms with Gasteiger partial charge in [0, 0.05) is 25.3 Å². The molecule has 0 bridgehead atoms. The van der Waals surface area contributed by atoms with E-state index < -0.39 is 0 Å². The number of hydrogen-bond acceptors (Lipinski definition) is 3. The Bertz CT molecular complexity index is 412. The summed E-state index contributed by atoms with van der Waals surface area (Å²) in [6.45, 7) is 1.26. The molecule has 0 aromatic heterocycles. The molecule has 0 fully saturated rings. The topological polar surface area (TPSA) is 71.7 Å². The average Bonchev–Trinajstić information content (AvgIpc) is 2.35. The van der Waals surface area contributed by atoms with E-state index in [1.165, 1.54) is 0 Å². The molecule has 18 heavy (non-hydrogen) atoms. The second kappa shape index (κ2) is 8.16.